The second-order valence-electron chi connectivity index (χ2n) is 8.26. The van der Waals surface area contributed by atoms with E-state index in [2.05, 4.69) is 22.3 Å². The Labute approximate surface area is 197 Å². The van der Waals surface area contributed by atoms with Crippen molar-refractivity contribution < 1.29 is 14.3 Å². The van der Waals surface area contributed by atoms with Crippen molar-refractivity contribution in [3.05, 3.63) is 57.2 Å². The number of ether oxygens (including phenoxy) is 1. The number of carbonyl (C=O) groups excluding carboxylic acids is 2. The van der Waals surface area contributed by atoms with Crippen molar-refractivity contribution in [2.24, 2.45) is 4.99 Å². The topological polar surface area (TPSA) is 74.2 Å². The minimum Gasteiger partial charge on any atom is -0.466 e. The van der Waals surface area contributed by atoms with E-state index < -0.39 is 12.0 Å². The third-order valence-corrected chi connectivity index (χ3v) is 7.12. The number of nitrogens with zero attached hydrogens (tertiary/aromatic N) is 3. The van der Waals surface area contributed by atoms with E-state index in [-0.39, 0.29) is 18.4 Å². The lowest BCUT2D eigenvalue weighted by Gasteiger charge is -2.36. The highest BCUT2D eigenvalue weighted by atomic mass is 35.5. The van der Waals surface area contributed by atoms with Gasteiger partial charge in [0.15, 0.2) is 5.17 Å². The summed E-state index contributed by atoms with van der Waals surface area (Å²) >= 11 is 7.73. The zero-order valence-corrected chi connectivity index (χ0v) is 20.0. The molecule has 1 atom stereocenters. The molecule has 1 saturated heterocycles. The predicted molar refractivity (Wildman–Crippen MR) is 127 cm³/mol. The maximum atomic E-state index is 12.9. The van der Waals surface area contributed by atoms with Gasteiger partial charge in [0.1, 0.15) is 0 Å². The summed E-state index contributed by atoms with van der Waals surface area (Å²) in [7, 11) is 3.46. The number of aliphatic imine (C=N–C) groups is 1. The number of amidine groups is 1. The number of rotatable bonds is 5. The van der Waals surface area contributed by atoms with Gasteiger partial charge in [0.25, 0.3) is 0 Å². The van der Waals surface area contributed by atoms with E-state index in [1.807, 2.05) is 28.5 Å². The van der Waals surface area contributed by atoms with Gasteiger partial charge in [0.05, 0.1) is 30.8 Å². The Morgan fingerprint density at radius 1 is 1.31 bits per heavy atom. The molecule has 1 aromatic carbocycles. The molecule has 1 amide bonds. The standard InChI is InChI=1S/C23H27ClN4O3S/c1-14-20(22(30)31-3)21(15-5-4-6-16(24)11-15)28-18(13-32-23(28)25-14)12-19(29)26-17-7-9-27(2)10-8-17/h4-6,11,13,17,21H,7-10,12H2,1-3H3,(H,26,29)/t21-/m1/s1. The number of fused-ring (bicyclic) bond motifs is 1. The predicted octanol–water partition coefficient (Wildman–Crippen LogP) is 3.69. The molecule has 0 radical (unpaired) electrons. The van der Waals surface area contributed by atoms with Crippen molar-refractivity contribution in [1.29, 1.82) is 0 Å². The quantitative estimate of drug-likeness (QED) is 0.656. The number of hydrogen-bond donors (Lipinski definition) is 1. The molecule has 32 heavy (non-hydrogen) atoms. The summed E-state index contributed by atoms with van der Waals surface area (Å²) in [6, 6.07) is 7.14. The highest BCUT2D eigenvalue weighted by Crippen LogP contribution is 2.45. The van der Waals surface area contributed by atoms with E-state index in [0.717, 1.165) is 42.4 Å². The van der Waals surface area contributed by atoms with Gasteiger partial charge in [-0.1, -0.05) is 35.5 Å². The van der Waals surface area contributed by atoms with Crippen LogP contribution in [0.25, 0.3) is 0 Å². The summed E-state index contributed by atoms with van der Waals surface area (Å²) in [6.45, 7) is 3.77. The SMILES string of the molecule is COC(=O)C1=C(C)N=C2SC=C(CC(=O)NC3CCN(C)CC3)N2[C@@H]1c1cccc(Cl)c1. The van der Waals surface area contributed by atoms with Gasteiger partial charge < -0.3 is 19.9 Å². The minimum atomic E-state index is -0.467. The Balaban J connectivity index is 1.60. The molecule has 3 heterocycles. The number of likely N-dealkylation sites (tertiary alicyclic amines) is 1. The van der Waals surface area contributed by atoms with Crippen LogP contribution in [-0.4, -0.2) is 60.1 Å². The fourth-order valence-corrected chi connectivity index (χ4v) is 5.49. The Morgan fingerprint density at radius 2 is 2.06 bits per heavy atom. The average molecular weight is 475 g/mol. The minimum absolute atomic E-state index is 0.0246. The number of carbonyl (C=O) groups is 2. The maximum Gasteiger partial charge on any atom is 0.338 e. The maximum absolute atomic E-state index is 12.9. The first kappa shape index (κ1) is 22.9. The number of thioether (sulfide) groups is 1. The summed E-state index contributed by atoms with van der Waals surface area (Å²) in [4.78, 5) is 34.5. The number of piperidine rings is 1. The lowest BCUT2D eigenvalue weighted by atomic mass is 9.94. The van der Waals surface area contributed by atoms with E-state index in [4.69, 9.17) is 16.3 Å². The number of methoxy groups -OCH3 is 1. The number of nitrogens with one attached hydrogen (secondary N) is 1. The summed E-state index contributed by atoms with van der Waals surface area (Å²) < 4.78 is 5.08. The lowest BCUT2D eigenvalue weighted by molar-refractivity contribution is -0.136. The molecule has 0 aliphatic carbocycles. The van der Waals surface area contributed by atoms with Gasteiger partial charge in [-0.3, -0.25) is 4.79 Å². The third kappa shape index (κ3) is 4.72. The van der Waals surface area contributed by atoms with Crippen molar-refractivity contribution in [2.45, 2.75) is 38.3 Å². The lowest BCUT2D eigenvalue weighted by Crippen LogP contribution is -2.44. The van der Waals surface area contributed by atoms with Crippen LogP contribution >= 0.6 is 23.4 Å². The summed E-state index contributed by atoms with van der Waals surface area (Å²) in [5.74, 6) is -0.467. The number of benzene rings is 1. The van der Waals surface area contributed by atoms with Crippen molar-refractivity contribution in [2.75, 3.05) is 27.2 Å². The Bertz CT molecular complexity index is 1010. The van der Waals surface area contributed by atoms with E-state index >= 15 is 0 Å². The van der Waals surface area contributed by atoms with Crippen LogP contribution in [0.1, 0.15) is 37.8 Å². The number of hydrogen-bond acceptors (Lipinski definition) is 7. The van der Waals surface area contributed by atoms with Gasteiger partial charge >= 0.3 is 5.97 Å². The van der Waals surface area contributed by atoms with Gasteiger partial charge in [0, 0.05) is 16.8 Å². The molecule has 170 valence electrons. The Morgan fingerprint density at radius 3 is 2.75 bits per heavy atom. The van der Waals surface area contributed by atoms with Crippen molar-refractivity contribution in [3.63, 3.8) is 0 Å². The van der Waals surface area contributed by atoms with Crippen LogP contribution in [0.2, 0.25) is 5.02 Å². The summed E-state index contributed by atoms with van der Waals surface area (Å²) in [5.41, 5.74) is 2.69. The molecule has 1 aromatic rings. The zero-order valence-electron chi connectivity index (χ0n) is 18.4. The van der Waals surface area contributed by atoms with Crippen LogP contribution in [0, 0.1) is 0 Å². The molecule has 0 bridgehead atoms. The highest BCUT2D eigenvalue weighted by molar-refractivity contribution is 8.16. The van der Waals surface area contributed by atoms with Gasteiger partial charge in [0.2, 0.25) is 5.91 Å². The number of amides is 1. The largest absolute Gasteiger partial charge is 0.466 e. The molecule has 0 unspecified atom stereocenters. The molecular formula is C23H27ClN4O3S. The van der Waals surface area contributed by atoms with Crippen molar-refractivity contribution in [3.8, 4) is 0 Å². The Kier molecular flexibility index (Phi) is 6.93. The van der Waals surface area contributed by atoms with E-state index in [9.17, 15) is 9.59 Å². The van der Waals surface area contributed by atoms with Gasteiger partial charge in [-0.25, -0.2) is 9.79 Å². The zero-order chi connectivity index (χ0) is 22.8. The first-order valence-electron chi connectivity index (χ1n) is 10.6. The van der Waals surface area contributed by atoms with Gasteiger partial charge in [-0.15, -0.1) is 0 Å². The van der Waals surface area contributed by atoms with Crippen LogP contribution in [0.15, 0.2) is 51.6 Å². The molecular weight excluding hydrogens is 448 g/mol. The van der Waals surface area contributed by atoms with Gasteiger partial charge in [-0.2, -0.15) is 0 Å². The molecule has 9 heteroatoms. The second-order valence-corrected chi connectivity index (χ2v) is 9.53. The molecule has 3 aliphatic rings. The van der Waals surface area contributed by atoms with Crippen LogP contribution < -0.4 is 5.32 Å². The third-order valence-electron chi connectivity index (χ3n) is 6.00. The molecule has 0 saturated carbocycles. The normalized spacial score (nSPS) is 21.8. The average Bonchev–Trinajstić information content (AvgIpc) is 3.15. The van der Waals surface area contributed by atoms with E-state index in [0.29, 0.717) is 16.3 Å². The number of halogens is 1. The first-order valence-corrected chi connectivity index (χ1v) is 11.9. The van der Waals surface area contributed by atoms with E-state index in [1.165, 1.54) is 18.9 Å². The van der Waals surface area contributed by atoms with Crippen LogP contribution in [0.3, 0.4) is 0 Å². The molecule has 7 nitrogen and oxygen atoms in total. The van der Waals surface area contributed by atoms with Crippen LogP contribution in [0.5, 0.6) is 0 Å². The molecule has 1 N–H and O–H groups in total. The van der Waals surface area contributed by atoms with E-state index in [1.54, 1.807) is 13.0 Å². The smallest absolute Gasteiger partial charge is 0.338 e. The number of esters is 1. The van der Waals surface area contributed by atoms with Crippen LogP contribution in [-0.2, 0) is 14.3 Å². The summed E-state index contributed by atoms with van der Waals surface area (Å²) in [6.07, 6.45) is 2.11. The second kappa shape index (κ2) is 9.68. The number of allylic oxidation sites excluding steroid dienone is 1. The van der Waals surface area contributed by atoms with Crippen molar-refractivity contribution in [1.82, 2.24) is 15.1 Å². The molecule has 0 aromatic heterocycles. The monoisotopic (exact) mass is 474 g/mol. The molecule has 0 spiro atoms. The Hall–Kier alpha value is -2.29. The van der Waals surface area contributed by atoms with Gasteiger partial charge in [-0.05, 0) is 63.0 Å². The molecule has 3 aliphatic heterocycles. The van der Waals surface area contributed by atoms with Crippen molar-refractivity contribution >= 4 is 40.4 Å². The fourth-order valence-electron chi connectivity index (χ4n) is 4.33. The highest BCUT2D eigenvalue weighted by Gasteiger charge is 2.41. The first-order chi connectivity index (χ1) is 15.4. The fraction of sp³-hybridized carbons (Fsp3) is 0.435. The molecule has 1 fully saturated rings. The summed E-state index contributed by atoms with van der Waals surface area (Å²) in [5, 5.41) is 6.43. The molecule has 4 rings (SSSR count). The van der Waals surface area contributed by atoms with Crippen LogP contribution in [0.4, 0.5) is 0 Å².